The van der Waals surface area contributed by atoms with Crippen LogP contribution in [0.25, 0.3) is 0 Å². The standard InChI is InChI=1S/C17H33N3O/c1-15(14-19-10-6-5-7-11-19)18-16(2)17(21)20-12-8-3-4-9-13-20/h15-16,18H,3-14H2,1-2H3. The molecule has 0 aromatic carbocycles. The average Bonchev–Trinajstić information content (AvgIpc) is 2.76. The van der Waals surface area contributed by atoms with Crippen LogP contribution in [0.4, 0.5) is 0 Å². The van der Waals surface area contributed by atoms with E-state index in [-0.39, 0.29) is 6.04 Å². The first-order valence-electron chi connectivity index (χ1n) is 8.94. The van der Waals surface area contributed by atoms with E-state index < -0.39 is 0 Å². The van der Waals surface area contributed by atoms with Crippen molar-refractivity contribution in [2.75, 3.05) is 32.7 Å². The number of nitrogens with zero attached hydrogens (tertiary/aromatic N) is 2. The van der Waals surface area contributed by atoms with Crippen LogP contribution in [0.3, 0.4) is 0 Å². The molecule has 1 N–H and O–H groups in total. The molecule has 2 rings (SSSR count). The van der Waals surface area contributed by atoms with Crippen LogP contribution in [-0.4, -0.2) is 60.5 Å². The van der Waals surface area contributed by atoms with Gasteiger partial charge >= 0.3 is 0 Å². The number of hydrogen-bond acceptors (Lipinski definition) is 3. The van der Waals surface area contributed by atoms with Gasteiger partial charge in [0.25, 0.3) is 0 Å². The highest BCUT2D eigenvalue weighted by Gasteiger charge is 2.23. The van der Waals surface area contributed by atoms with Gasteiger partial charge in [-0.1, -0.05) is 19.3 Å². The molecule has 0 aromatic heterocycles. The van der Waals surface area contributed by atoms with Gasteiger partial charge < -0.3 is 15.1 Å². The third-order valence-electron chi connectivity index (χ3n) is 4.80. The fourth-order valence-electron chi connectivity index (χ4n) is 3.64. The second-order valence-corrected chi connectivity index (χ2v) is 6.89. The SMILES string of the molecule is CC(CN1CCCCC1)NC(C)C(=O)N1CCCCCC1. The van der Waals surface area contributed by atoms with Crippen LogP contribution in [0, 0.1) is 0 Å². The van der Waals surface area contributed by atoms with Gasteiger partial charge in [-0.2, -0.15) is 0 Å². The Labute approximate surface area is 130 Å². The molecule has 4 nitrogen and oxygen atoms in total. The van der Waals surface area contributed by atoms with Gasteiger partial charge in [-0.05, 0) is 52.6 Å². The maximum atomic E-state index is 12.5. The van der Waals surface area contributed by atoms with Crippen molar-refractivity contribution in [3.8, 4) is 0 Å². The van der Waals surface area contributed by atoms with Crippen LogP contribution in [0.1, 0.15) is 58.8 Å². The fraction of sp³-hybridized carbons (Fsp3) is 0.941. The molecule has 2 aliphatic heterocycles. The summed E-state index contributed by atoms with van der Waals surface area (Å²) >= 11 is 0. The van der Waals surface area contributed by atoms with Gasteiger partial charge in [0.05, 0.1) is 6.04 Å². The molecule has 122 valence electrons. The Morgan fingerprint density at radius 2 is 1.43 bits per heavy atom. The number of nitrogens with one attached hydrogen (secondary N) is 1. The monoisotopic (exact) mass is 295 g/mol. The number of carbonyl (C=O) groups excluding carboxylic acids is 1. The largest absolute Gasteiger partial charge is 0.341 e. The van der Waals surface area contributed by atoms with E-state index in [1.165, 1.54) is 58.0 Å². The maximum absolute atomic E-state index is 12.5. The van der Waals surface area contributed by atoms with E-state index in [0.717, 1.165) is 19.6 Å². The summed E-state index contributed by atoms with van der Waals surface area (Å²) in [6, 6.07) is 0.330. The number of amides is 1. The molecule has 0 saturated carbocycles. The van der Waals surface area contributed by atoms with E-state index in [4.69, 9.17) is 0 Å². The average molecular weight is 295 g/mol. The quantitative estimate of drug-likeness (QED) is 0.845. The second-order valence-electron chi connectivity index (χ2n) is 6.89. The molecule has 2 aliphatic rings. The summed E-state index contributed by atoms with van der Waals surface area (Å²) < 4.78 is 0. The van der Waals surface area contributed by atoms with Crippen molar-refractivity contribution in [2.45, 2.75) is 70.9 Å². The molecule has 0 spiro atoms. The zero-order valence-corrected chi connectivity index (χ0v) is 13.9. The molecule has 4 heteroatoms. The number of hydrogen-bond donors (Lipinski definition) is 1. The number of piperidine rings is 1. The Kier molecular flexibility index (Phi) is 6.97. The molecule has 2 fully saturated rings. The van der Waals surface area contributed by atoms with Crippen molar-refractivity contribution >= 4 is 5.91 Å². The van der Waals surface area contributed by atoms with Crippen LogP contribution in [0.15, 0.2) is 0 Å². The summed E-state index contributed by atoms with van der Waals surface area (Å²) in [7, 11) is 0. The summed E-state index contributed by atoms with van der Waals surface area (Å²) in [5.41, 5.74) is 0. The molecule has 0 bridgehead atoms. The van der Waals surface area contributed by atoms with E-state index in [0.29, 0.717) is 11.9 Å². The first-order valence-corrected chi connectivity index (χ1v) is 8.94. The Bertz CT molecular complexity index is 307. The summed E-state index contributed by atoms with van der Waals surface area (Å²) in [6.07, 6.45) is 8.92. The summed E-state index contributed by atoms with van der Waals surface area (Å²) in [6.45, 7) is 9.65. The Hall–Kier alpha value is -0.610. The van der Waals surface area contributed by atoms with E-state index in [1.54, 1.807) is 0 Å². The van der Waals surface area contributed by atoms with Crippen molar-refractivity contribution in [3.05, 3.63) is 0 Å². The van der Waals surface area contributed by atoms with Crippen LogP contribution < -0.4 is 5.32 Å². The molecule has 1 amide bonds. The van der Waals surface area contributed by atoms with E-state index >= 15 is 0 Å². The molecular formula is C17H33N3O. The van der Waals surface area contributed by atoms with Gasteiger partial charge in [0.15, 0.2) is 0 Å². The highest BCUT2D eigenvalue weighted by molar-refractivity contribution is 5.81. The van der Waals surface area contributed by atoms with Gasteiger partial charge in [0.1, 0.15) is 0 Å². The minimum absolute atomic E-state index is 0.0529. The van der Waals surface area contributed by atoms with E-state index in [1.807, 2.05) is 6.92 Å². The van der Waals surface area contributed by atoms with Gasteiger partial charge in [0.2, 0.25) is 5.91 Å². The highest BCUT2D eigenvalue weighted by atomic mass is 16.2. The van der Waals surface area contributed by atoms with Crippen molar-refractivity contribution in [1.82, 2.24) is 15.1 Å². The molecule has 0 aromatic rings. The van der Waals surface area contributed by atoms with Gasteiger partial charge in [-0.3, -0.25) is 4.79 Å². The van der Waals surface area contributed by atoms with Crippen LogP contribution in [-0.2, 0) is 4.79 Å². The normalized spacial score (nSPS) is 24.4. The fourth-order valence-corrected chi connectivity index (χ4v) is 3.64. The second kappa shape index (κ2) is 8.74. The van der Waals surface area contributed by atoms with Gasteiger partial charge in [-0.25, -0.2) is 0 Å². The molecule has 21 heavy (non-hydrogen) atoms. The van der Waals surface area contributed by atoms with E-state index in [9.17, 15) is 4.79 Å². The maximum Gasteiger partial charge on any atom is 0.239 e. The summed E-state index contributed by atoms with van der Waals surface area (Å²) in [5.74, 6) is 0.294. The van der Waals surface area contributed by atoms with Crippen molar-refractivity contribution in [1.29, 1.82) is 0 Å². The van der Waals surface area contributed by atoms with Crippen molar-refractivity contribution < 1.29 is 4.79 Å². The third-order valence-corrected chi connectivity index (χ3v) is 4.80. The molecular weight excluding hydrogens is 262 g/mol. The first-order chi connectivity index (χ1) is 10.2. The minimum atomic E-state index is -0.0529. The lowest BCUT2D eigenvalue weighted by Crippen LogP contribution is -2.51. The predicted molar refractivity (Wildman–Crippen MR) is 87.4 cm³/mol. The zero-order valence-electron chi connectivity index (χ0n) is 13.9. The van der Waals surface area contributed by atoms with Crippen LogP contribution in [0.5, 0.6) is 0 Å². The number of likely N-dealkylation sites (tertiary alicyclic amines) is 2. The Morgan fingerprint density at radius 3 is 2.05 bits per heavy atom. The predicted octanol–water partition coefficient (Wildman–Crippen LogP) is 2.24. The lowest BCUT2D eigenvalue weighted by Gasteiger charge is -2.31. The first kappa shape index (κ1) is 16.8. The lowest BCUT2D eigenvalue weighted by atomic mass is 10.1. The van der Waals surface area contributed by atoms with Crippen LogP contribution >= 0.6 is 0 Å². The molecule has 2 atom stereocenters. The van der Waals surface area contributed by atoms with Crippen molar-refractivity contribution in [3.63, 3.8) is 0 Å². The summed E-state index contributed by atoms with van der Waals surface area (Å²) in [5, 5.41) is 3.51. The smallest absolute Gasteiger partial charge is 0.239 e. The zero-order chi connectivity index (χ0) is 15.1. The van der Waals surface area contributed by atoms with Gasteiger partial charge in [-0.15, -0.1) is 0 Å². The van der Waals surface area contributed by atoms with E-state index in [2.05, 4.69) is 22.0 Å². The lowest BCUT2D eigenvalue weighted by molar-refractivity contribution is -0.133. The molecule has 2 saturated heterocycles. The molecule has 2 unspecified atom stereocenters. The highest BCUT2D eigenvalue weighted by Crippen LogP contribution is 2.12. The van der Waals surface area contributed by atoms with Crippen LogP contribution in [0.2, 0.25) is 0 Å². The number of carbonyl (C=O) groups is 1. The topological polar surface area (TPSA) is 35.6 Å². The van der Waals surface area contributed by atoms with Crippen molar-refractivity contribution in [2.24, 2.45) is 0 Å². The minimum Gasteiger partial charge on any atom is -0.341 e. The number of rotatable bonds is 5. The van der Waals surface area contributed by atoms with Gasteiger partial charge in [0, 0.05) is 25.7 Å². The molecule has 0 aliphatic carbocycles. The molecule has 2 heterocycles. The third kappa shape index (κ3) is 5.59. The Balaban J connectivity index is 1.73. The Morgan fingerprint density at radius 1 is 0.905 bits per heavy atom. The molecule has 0 radical (unpaired) electrons. The summed E-state index contributed by atoms with van der Waals surface area (Å²) in [4.78, 5) is 17.1.